The summed E-state index contributed by atoms with van der Waals surface area (Å²) in [6, 6.07) is 12.5. The number of hydrogen-bond acceptors (Lipinski definition) is 12. The normalized spacial score (nSPS) is 15.8. The van der Waals surface area contributed by atoms with Crippen molar-refractivity contribution in [1.29, 1.82) is 0 Å². The lowest BCUT2D eigenvalue weighted by atomic mass is 9.73. The van der Waals surface area contributed by atoms with Gasteiger partial charge in [-0.1, -0.05) is 50.2 Å². The summed E-state index contributed by atoms with van der Waals surface area (Å²) >= 11 is 0. The molecule has 2 amide bonds. The molecule has 0 radical (unpaired) electrons. The summed E-state index contributed by atoms with van der Waals surface area (Å²) in [7, 11) is -1.54. The fourth-order valence-electron chi connectivity index (χ4n) is 4.95. The van der Waals surface area contributed by atoms with Crippen LogP contribution in [0.2, 0.25) is 0 Å². The van der Waals surface area contributed by atoms with E-state index in [1.807, 2.05) is 44.2 Å². The van der Waals surface area contributed by atoms with Crippen LogP contribution in [-0.4, -0.2) is 130 Å². The summed E-state index contributed by atoms with van der Waals surface area (Å²) in [5.74, 6) is -6.80. The van der Waals surface area contributed by atoms with E-state index in [2.05, 4.69) is 15.6 Å². The molecule has 0 spiro atoms. The van der Waals surface area contributed by atoms with Crippen LogP contribution in [0.3, 0.4) is 0 Å². The summed E-state index contributed by atoms with van der Waals surface area (Å²) in [4.78, 5) is 81.3. The molecule has 0 unspecified atom stereocenters. The largest absolute Gasteiger partial charge is 0.622 e. The van der Waals surface area contributed by atoms with E-state index < -0.39 is 87.1 Å². The minimum atomic E-state index is -1.54. The molecule has 0 aliphatic carbocycles. The first-order valence-electron chi connectivity index (χ1n) is 15.3. The molecule has 0 saturated carbocycles. The van der Waals surface area contributed by atoms with Gasteiger partial charge in [-0.3, -0.25) is 38.6 Å². The van der Waals surface area contributed by atoms with E-state index in [1.54, 1.807) is 12.1 Å². The average molecular weight is 669 g/mol. The second kappa shape index (κ2) is 17.9. The van der Waals surface area contributed by atoms with Crippen molar-refractivity contribution in [2.24, 2.45) is 5.92 Å². The maximum Gasteiger partial charge on any atom is 0.622 e. The number of aliphatic hydroxyl groups excluding tert-OH is 1. The number of aromatic nitrogens is 1. The Hall–Kier alpha value is -4.87. The molecule has 1 aromatic heterocycles. The number of pyridine rings is 1. The van der Waals surface area contributed by atoms with Crippen LogP contribution < -0.4 is 10.6 Å². The molecular formula is C31H40BN5O11. The van der Waals surface area contributed by atoms with Crippen LogP contribution in [0.5, 0.6) is 0 Å². The van der Waals surface area contributed by atoms with Gasteiger partial charge in [0.2, 0.25) is 5.91 Å². The lowest BCUT2D eigenvalue weighted by Gasteiger charge is -2.31. The highest BCUT2D eigenvalue weighted by molar-refractivity contribution is 6.51. The van der Waals surface area contributed by atoms with Gasteiger partial charge in [-0.05, 0) is 31.4 Å². The Morgan fingerprint density at radius 1 is 0.917 bits per heavy atom. The summed E-state index contributed by atoms with van der Waals surface area (Å²) in [6.07, 6.45) is -1.18. The van der Waals surface area contributed by atoms with Crippen LogP contribution in [-0.2, 0) is 33.3 Å². The van der Waals surface area contributed by atoms with Crippen molar-refractivity contribution in [1.82, 2.24) is 25.4 Å². The zero-order valence-corrected chi connectivity index (χ0v) is 26.9. The van der Waals surface area contributed by atoms with Gasteiger partial charge in [0.15, 0.2) is 0 Å². The standard InChI is InChI=1S/C31H40BN5O11/c1-19(2)14-24(32-47-27(43)17-37(18-28(44)48-32)13-12-36(15-25(39)40)16-26(41)42)34-31(46)29(20(3)38)35-30(45)23-11-7-10-22(33-23)21-8-5-4-6-9-21/h4-11,19-20,24,29,38H,12-18H2,1-3H3,(H,34,46)(H,35,45)(H,39,40)(H,41,42)/t20-,24-,29-/m0/s1. The van der Waals surface area contributed by atoms with E-state index in [9.17, 15) is 33.9 Å². The van der Waals surface area contributed by atoms with E-state index in [-0.39, 0.29) is 31.1 Å². The van der Waals surface area contributed by atoms with Crippen molar-refractivity contribution in [2.75, 3.05) is 39.3 Å². The number of nitrogens with zero attached hydrogens (tertiary/aromatic N) is 3. The Kier molecular flexibility index (Phi) is 14.0. The van der Waals surface area contributed by atoms with Crippen LogP contribution in [0.25, 0.3) is 11.3 Å². The number of aliphatic hydroxyl groups is 1. The van der Waals surface area contributed by atoms with Gasteiger partial charge in [-0.25, -0.2) is 4.98 Å². The monoisotopic (exact) mass is 669 g/mol. The van der Waals surface area contributed by atoms with Gasteiger partial charge >= 0.3 is 31.0 Å². The maximum atomic E-state index is 13.5. The van der Waals surface area contributed by atoms with Crippen molar-refractivity contribution in [3.8, 4) is 11.3 Å². The summed E-state index contributed by atoms with van der Waals surface area (Å²) in [6.45, 7) is 2.94. The number of nitrogens with one attached hydrogen (secondary N) is 2. The first-order chi connectivity index (χ1) is 22.7. The molecule has 1 aromatic carbocycles. The first-order valence-corrected chi connectivity index (χ1v) is 15.3. The Labute approximate surface area is 277 Å². The number of benzene rings is 1. The third-order valence-electron chi connectivity index (χ3n) is 7.14. The molecule has 16 nitrogen and oxygen atoms in total. The van der Waals surface area contributed by atoms with Crippen LogP contribution in [0.15, 0.2) is 48.5 Å². The van der Waals surface area contributed by atoms with Crippen molar-refractivity contribution >= 4 is 42.8 Å². The Morgan fingerprint density at radius 2 is 1.52 bits per heavy atom. The van der Waals surface area contributed by atoms with Gasteiger partial charge in [0.1, 0.15) is 11.7 Å². The number of carboxylic acid groups (broad SMARTS) is 2. The van der Waals surface area contributed by atoms with Crippen molar-refractivity contribution in [3.63, 3.8) is 0 Å². The topological polar surface area (TPSA) is 225 Å². The summed E-state index contributed by atoms with van der Waals surface area (Å²) in [5.41, 5.74) is 1.32. The molecule has 258 valence electrons. The zero-order valence-electron chi connectivity index (χ0n) is 26.9. The second-order valence-corrected chi connectivity index (χ2v) is 11.8. The number of aliphatic carboxylic acids is 2. The van der Waals surface area contributed by atoms with Gasteiger partial charge in [0.25, 0.3) is 5.91 Å². The third-order valence-corrected chi connectivity index (χ3v) is 7.14. The molecule has 0 bridgehead atoms. The van der Waals surface area contributed by atoms with Crippen LogP contribution in [0.1, 0.15) is 37.7 Å². The molecule has 2 aromatic rings. The number of hydrogen-bond donors (Lipinski definition) is 5. The average Bonchev–Trinajstić information content (AvgIpc) is 3.00. The highest BCUT2D eigenvalue weighted by atomic mass is 16.6. The van der Waals surface area contributed by atoms with E-state index >= 15 is 0 Å². The number of rotatable bonds is 16. The van der Waals surface area contributed by atoms with Gasteiger partial charge in [-0.15, -0.1) is 0 Å². The quantitative estimate of drug-likeness (QED) is 0.144. The molecule has 1 aliphatic rings. The van der Waals surface area contributed by atoms with Crippen molar-refractivity contribution in [3.05, 3.63) is 54.2 Å². The van der Waals surface area contributed by atoms with E-state index in [0.717, 1.165) is 10.5 Å². The highest BCUT2D eigenvalue weighted by Gasteiger charge is 2.42. The number of carbonyl (C=O) groups excluding carboxylic acids is 4. The van der Waals surface area contributed by atoms with Crippen LogP contribution >= 0.6 is 0 Å². The fraction of sp³-hybridized carbons (Fsp3) is 0.452. The van der Waals surface area contributed by atoms with E-state index in [0.29, 0.717) is 5.69 Å². The van der Waals surface area contributed by atoms with Crippen LogP contribution in [0.4, 0.5) is 0 Å². The second-order valence-electron chi connectivity index (χ2n) is 11.8. The Balaban J connectivity index is 1.70. The molecule has 1 saturated heterocycles. The molecular weight excluding hydrogens is 629 g/mol. The van der Waals surface area contributed by atoms with E-state index in [4.69, 9.17) is 19.5 Å². The van der Waals surface area contributed by atoms with Gasteiger partial charge in [0.05, 0.1) is 43.9 Å². The smallest absolute Gasteiger partial charge is 0.497 e. The maximum absolute atomic E-state index is 13.5. The van der Waals surface area contributed by atoms with Crippen LogP contribution in [0, 0.1) is 5.92 Å². The SMILES string of the molecule is CC(C)C[C@H](NC(=O)[C@@H](NC(=O)c1cccc(-c2ccccc2)n1)[C@H](C)O)B1OC(=O)CN(CCN(CC(=O)O)CC(=O)O)CC(=O)O1. The molecule has 1 fully saturated rings. The number of carbonyl (C=O) groups is 6. The summed E-state index contributed by atoms with van der Waals surface area (Å²) < 4.78 is 10.9. The minimum Gasteiger partial charge on any atom is -0.497 e. The third kappa shape index (κ3) is 12.1. The van der Waals surface area contributed by atoms with E-state index in [1.165, 1.54) is 17.9 Å². The minimum absolute atomic E-state index is 0.00927. The lowest BCUT2D eigenvalue weighted by Crippen LogP contribution is -2.60. The molecule has 3 rings (SSSR count). The Bertz CT molecular complexity index is 1420. The lowest BCUT2D eigenvalue weighted by molar-refractivity contribution is -0.148. The van der Waals surface area contributed by atoms with Crippen molar-refractivity contribution in [2.45, 2.75) is 45.3 Å². The predicted octanol–water partition coefficient (Wildman–Crippen LogP) is -0.341. The fourth-order valence-corrected chi connectivity index (χ4v) is 4.95. The molecule has 5 N–H and O–H groups in total. The molecule has 48 heavy (non-hydrogen) atoms. The molecule has 1 aliphatic heterocycles. The number of carboxylic acids is 2. The van der Waals surface area contributed by atoms with Gasteiger partial charge in [0, 0.05) is 18.7 Å². The predicted molar refractivity (Wildman–Crippen MR) is 170 cm³/mol. The Morgan fingerprint density at radius 3 is 2.06 bits per heavy atom. The van der Waals surface area contributed by atoms with Gasteiger partial charge < -0.3 is 35.3 Å². The molecule has 2 heterocycles. The highest BCUT2D eigenvalue weighted by Crippen LogP contribution is 2.17. The van der Waals surface area contributed by atoms with Crippen molar-refractivity contribution < 1.29 is 53.4 Å². The van der Waals surface area contributed by atoms with Gasteiger partial charge in [-0.2, -0.15) is 0 Å². The zero-order chi connectivity index (χ0) is 35.4. The molecule has 3 atom stereocenters. The first kappa shape index (κ1) is 37.6. The summed E-state index contributed by atoms with van der Waals surface area (Å²) in [5, 5.41) is 33.7. The molecule has 17 heteroatoms. The number of amides is 2.